The second kappa shape index (κ2) is 17.4. The maximum Gasteiger partial charge on any atom is 0.184 e. The summed E-state index contributed by atoms with van der Waals surface area (Å²) in [6, 6.07) is 0. The van der Waals surface area contributed by atoms with Gasteiger partial charge in [-0.2, -0.15) is 0 Å². The van der Waals surface area contributed by atoms with E-state index >= 15 is 0 Å². The van der Waals surface area contributed by atoms with Gasteiger partial charge in [-0.1, -0.05) is 96.8 Å². The number of aliphatic hydroxyl groups excluding tert-OH is 3. The lowest BCUT2D eigenvalue weighted by Gasteiger charge is -2.30. The zero-order valence-corrected chi connectivity index (χ0v) is 20.0. The molecule has 2 unspecified atom stereocenters. The van der Waals surface area contributed by atoms with Gasteiger partial charge < -0.3 is 15.3 Å². The first-order valence-corrected chi connectivity index (χ1v) is 12.3. The largest absolute Gasteiger partial charge is 0.394 e. The Morgan fingerprint density at radius 3 is 1.35 bits per heavy atom. The summed E-state index contributed by atoms with van der Waals surface area (Å²) < 4.78 is 0. The van der Waals surface area contributed by atoms with Crippen molar-refractivity contribution >= 4 is 17.3 Å². The predicted octanol–water partition coefficient (Wildman–Crippen LogP) is 4.31. The molecule has 31 heavy (non-hydrogen) atoms. The molecule has 0 fully saturated rings. The van der Waals surface area contributed by atoms with E-state index in [1.165, 1.54) is 78.1 Å². The van der Waals surface area contributed by atoms with Crippen LogP contribution >= 0.6 is 0 Å². The molecule has 0 radical (unpaired) electrons. The molecule has 2 atom stereocenters. The monoisotopic (exact) mass is 442 g/mol. The van der Waals surface area contributed by atoms with Crippen LogP contribution in [-0.4, -0.2) is 51.5 Å². The van der Waals surface area contributed by atoms with E-state index < -0.39 is 41.6 Å². The Bertz CT molecular complexity index is 502. The van der Waals surface area contributed by atoms with Gasteiger partial charge in [-0.05, 0) is 20.3 Å². The third-order valence-corrected chi connectivity index (χ3v) is 6.35. The van der Waals surface area contributed by atoms with Gasteiger partial charge in [-0.15, -0.1) is 0 Å². The molecule has 182 valence electrons. The molecule has 0 aromatic carbocycles. The fourth-order valence-corrected chi connectivity index (χ4v) is 4.18. The van der Waals surface area contributed by atoms with Crippen LogP contribution in [0.2, 0.25) is 0 Å². The number of carbonyl (C=O) groups excluding carboxylic acids is 3. The minimum absolute atomic E-state index is 0.0315. The van der Waals surface area contributed by atoms with Crippen LogP contribution in [0.25, 0.3) is 0 Å². The third kappa shape index (κ3) is 10.8. The Kier molecular flexibility index (Phi) is 16.8. The Morgan fingerprint density at radius 1 is 0.677 bits per heavy atom. The first-order valence-electron chi connectivity index (χ1n) is 12.3. The minimum atomic E-state index is -1.95. The molecular weight excluding hydrogens is 396 g/mol. The number of ketones is 3. The van der Waals surface area contributed by atoms with E-state index in [-0.39, 0.29) is 6.42 Å². The first-order chi connectivity index (χ1) is 14.8. The lowest BCUT2D eigenvalue weighted by atomic mass is 9.70. The van der Waals surface area contributed by atoms with Crippen molar-refractivity contribution in [1.29, 1.82) is 0 Å². The van der Waals surface area contributed by atoms with Crippen molar-refractivity contribution in [1.82, 2.24) is 0 Å². The molecule has 0 aliphatic carbocycles. The molecule has 0 aliphatic heterocycles. The highest BCUT2D eigenvalue weighted by molar-refractivity contribution is 6.24. The van der Waals surface area contributed by atoms with Gasteiger partial charge in [0.2, 0.25) is 0 Å². The molecule has 6 heteroatoms. The smallest absolute Gasteiger partial charge is 0.184 e. The maximum atomic E-state index is 12.7. The molecular formula is C25H46O6. The highest BCUT2D eigenvalue weighted by atomic mass is 16.4. The van der Waals surface area contributed by atoms with Gasteiger partial charge in [0, 0.05) is 0 Å². The number of carbonyl (C=O) groups is 3. The number of hydrogen-bond acceptors (Lipinski definition) is 6. The van der Waals surface area contributed by atoms with E-state index in [1.807, 2.05) is 0 Å². The number of aliphatic hydroxyl groups is 3. The summed E-state index contributed by atoms with van der Waals surface area (Å²) in [4.78, 5) is 37.1. The van der Waals surface area contributed by atoms with Gasteiger partial charge in [-0.25, -0.2) is 0 Å². The van der Waals surface area contributed by atoms with Gasteiger partial charge in [0.1, 0.15) is 17.6 Å². The van der Waals surface area contributed by atoms with E-state index in [1.54, 1.807) is 0 Å². The van der Waals surface area contributed by atoms with Crippen LogP contribution in [0, 0.1) is 5.41 Å². The molecule has 0 saturated carbocycles. The van der Waals surface area contributed by atoms with Crippen molar-refractivity contribution in [3.05, 3.63) is 0 Å². The van der Waals surface area contributed by atoms with E-state index in [2.05, 4.69) is 6.92 Å². The summed E-state index contributed by atoms with van der Waals surface area (Å²) >= 11 is 0. The average molecular weight is 443 g/mol. The number of rotatable bonds is 21. The van der Waals surface area contributed by atoms with E-state index in [4.69, 9.17) is 5.11 Å². The lowest BCUT2D eigenvalue weighted by molar-refractivity contribution is -0.156. The summed E-state index contributed by atoms with van der Waals surface area (Å²) in [5, 5.41) is 28.5. The number of Topliss-reactive ketones (excluding diaryl/α,β-unsaturated/α-hetero) is 3. The first kappa shape index (κ1) is 29.9. The van der Waals surface area contributed by atoms with Crippen molar-refractivity contribution in [3.63, 3.8) is 0 Å². The lowest BCUT2D eigenvalue weighted by Crippen LogP contribution is -2.52. The highest BCUT2D eigenvalue weighted by Crippen LogP contribution is 2.31. The van der Waals surface area contributed by atoms with E-state index in [0.29, 0.717) is 6.42 Å². The summed E-state index contributed by atoms with van der Waals surface area (Å²) in [6.45, 7) is 3.75. The quantitative estimate of drug-likeness (QED) is 0.180. The molecule has 0 aromatic heterocycles. The van der Waals surface area contributed by atoms with Gasteiger partial charge >= 0.3 is 0 Å². The predicted molar refractivity (Wildman–Crippen MR) is 123 cm³/mol. The standard InChI is InChI=1S/C25H46O6/c1-4-5-6-7-8-9-10-11-12-13-14-15-16-17-18-25(20(2)27,21(3)28)24(31)23(30)22(29)19-26/h22-23,26,29-30H,4-19H2,1-3H3. The molecule has 0 spiro atoms. The molecule has 6 nitrogen and oxygen atoms in total. The van der Waals surface area contributed by atoms with Gasteiger partial charge in [0.05, 0.1) is 6.61 Å². The van der Waals surface area contributed by atoms with Crippen molar-refractivity contribution in [2.45, 2.75) is 129 Å². The number of unbranched alkanes of at least 4 members (excludes halogenated alkanes) is 13. The summed E-state index contributed by atoms with van der Waals surface area (Å²) in [5.74, 6) is -2.25. The van der Waals surface area contributed by atoms with Crippen molar-refractivity contribution in [2.75, 3.05) is 6.61 Å². The van der Waals surface area contributed by atoms with E-state index in [0.717, 1.165) is 19.3 Å². The van der Waals surface area contributed by atoms with Crippen LogP contribution in [0.15, 0.2) is 0 Å². The SMILES string of the molecule is CCCCCCCCCCCCCCCCC(C(C)=O)(C(C)=O)C(=O)C(O)C(O)CO. The molecule has 0 saturated heterocycles. The zero-order valence-electron chi connectivity index (χ0n) is 20.0. The van der Waals surface area contributed by atoms with Crippen LogP contribution in [0.4, 0.5) is 0 Å². The normalized spacial score (nSPS) is 13.7. The van der Waals surface area contributed by atoms with Crippen molar-refractivity contribution in [2.24, 2.45) is 5.41 Å². The second-order valence-electron chi connectivity index (χ2n) is 8.92. The fourth-order valence-electron chi connectivity index (χ4n) is 4.18. The van der Waals surface area contributed by atoms with Crippen LogP contribution in [0.5, 0.6) is 0 Å². The van der Waals surface area contributed by atoms with Gasteiger partial charge in [0.15, 0.2) is 17.3 Å². The Morgan fingerprint density at radius 2 is 1.03 bits per heavy atom. The van der Waals surface area contributed by atoms with Crippen LogP contribution in [0.3, 0.4) is 0 Å². The molecule has 0 aromatic rings. The molecule has 3 N–H and O–H groups in total. The Balaban J connectivity index is 4.21. The van der Waals surface area contributed by atoms with E-state index in [9.17, 15) is 24.6 Å². The molecule has 0 heterocycles. The molecule has 0 aliphatic rings. The second-order valence-corrected chi connectivity index (χ2v) is 8.92. The summed E-state index contributed by atoms with van der Waals surface area (Å²) in [5.41, 5.74) is -1.94. The van der Waals surface area contributed by atoms with Gasteiger partial charge in [-0.3, -0.25) is 14.4 Å². The number of hydrogen-bond donors (Lipinski definition) is 3. The maximum absolute atomic E-state index is 12.7. The van der Waals surface area contributed by atoms with Crippen molar-refractivity contribution in [3.8, 4) is 0 Å². The Labute approximate surface area is 188 Å². The minimum Gasteiger partial charge on any atom is -0.394 e. The Hall–Kier alpha value is -1.11. The van der Waals surface area contributed by atoms with Gasteiger partial charge in [0.25, 0.3) is 0 Å². The van der Waals surface area contributed by atoms with Crippen molar-refractivity contribution < 1.29 is 29.7 Å². The summed E-state index contributed by atoms with van der Waals surface area (Å²) in [7, 11) is 0. The van der Waals surface area contributed by atoms with Crippen LogP contribution < -0.4 is 0 Å². The van der Waals surface area contributed by atoms with Crippen LogP contribution in [0.1, 0.15) is 117 Å². The average Bonchev–Trinajstić information content (AvgIpc) is 2.74. The highest BCUT2D eigenvalue weighted by Gasteiger charge is 2.50. The third-order valence-electron chi connectivity index (χ3n) is 6.35. The van der Waals surface area contributed by atoms with Crippen LogP contribution in [-0.2, 0) is 14.4 Å². The molecule has 0 rings (SSSR count). The zero-order chi connectivity index (χ0) is 23.7. The molecule has 0 amide bonds. The topological polar surface area (TPSA) is 112 Å². The summed E-state index contributed by atoms with van der Waals surface area (Å²) in [6.07, 6.45) is 12.7. The molecule has 0 bridgehead atoms. The fraction of sp³-hybridized carbons (Fsp3) is 0.880.